The maximum Gasteiger partial charge on any atom is 0.234 e. The second-order valence-corrected chi connectivity index (χ2v) is 2.52. The molecule has 1 rings (SSSR count). The van der Waals surface area contributed by atoms with Crippen LogP contribution in [0.25, 0.3) is 0 Å². The number of nitrogens with zero attached hydrogens (tertiary/aromatic N) is 1. The fourth-order valence-electron chi connectivity index (χ4n) is 0.796. The molecule has 0 spiro atoms. The van der Waals surface area contributed by atoms with Gasteiger partial charge in [0.05, 0.1) is 13.1 Å². The Bertz CT molecular complexity index is 351. The van der Waals surface area contributed by atoms with Gasteiger partial charge in [-0.2, -0.15) is 0 Å². The molecule has 4 heteroatoms. The van der Waals surface area contributed by atoms with E-state index in [1.807, 2.05) is 0 Å². The molecule has 0 aliphatic rings. The number of pyridine rings is 1. The summed E-state index contributed by atoms with van der Waals surface area (Å²) in [5, 5.41) is 2.55. The van der Waals surface area contributed by atoms with Crippen LogP contribution in [-0.2, 0) is 4.79 Å². The molecule has 0 unspecified atom stereocenters. The van der Waals surface area contributed by atoms with Gasteiger partial charge in [0.15, 0.2) is 0 Å². The fourth-order valence-corrected chi connectivity index (χ4v) is 0.796. The van der Waals surface area contributed by atoms with Crippen molar-refractivity contribution >= 4 is 5.91 Å². The molecule has 0 bridgehead atoms. The highest BCUT2D eigenvalue weighted by Gasteiger charge is 1.91. The highest BCUT2D eigenvalue weighted by atomic mass is 16.1. The van der Waals surface area contributed by atoms with Crippen molar-refractivity contribution in [1.82, 2.24) is 10.3 Å². The van der Waals surface area contributed by atoms with Crippen molar-refractivity contribution < 1.29 is 4.79 Å². The summed E-state index contributed by atoms with van der Waals surface area (Å²) in [6.45, 7) is 0.315. The predicted molar refractivity (Wildman–Crippen MR) is 53.2 cm³/mol. The molecule has 1 aromatic rings. The molecule has 1 heterocycles. The SMILES string of the molecule is NCC(=O)NCC#Cc1ccncc1. The molecule has 0 aliphatic carbocycles. The zero-order valence-corrected chi connectivity index (χ0v) is 7.66. The first-order chi connectivity index (χ1) is 6.83. The highest BCUT2D eigenvalue weighted by molar-refractivity contribution is 5.77. The van der Waals surface area contributed by atoms with E-state index in [0.29, 0.717) is 6.54 Å². The molecule has 0 aliphatic heterocycles. The van der Waals surface area contributed by atoms with Crippen LogP contribution in [0.15, 0.2) is 24.5 Å². The number of carbonyl (C=O) groups excluding carboxylic acids is 1. The van der Waals surface area contributed by atoms with Gasteiger partial charge in [0.1, 0.15) is 0 Å². The Kier molecular flexibility index (Phi) is 4.18. The highest BCUT2D eigenvalue weighted by Crippen LogP contribution is 1.90. The van der Waals surface area contributed by atoms with Gasteiger partial charge in [-0.05, 0) is 12.1 Å². The second kappa shape index (κ2) is 5.73. The summed E-state index contributed by atoms with van der Waals surface area (Å²) in [6.07, 6.45) is 3.34. The van der Waals surface area contributed by atoms with Crippen molar-refractivity contribution in [3.05, 3.63) is 30.1 Å². The van der Waals surface area contributed by atoms with Crippen LogP contribution in [0.2, 0.25) is 0 Å². The molecule has 4 nitrogen and oxygen atoms in total. The number of hydrogen-bond acceptors (Lipinski definition) is 3. The minimum absolute atomic E-state index is 0.00304. The van der Waals surface area contributed by atoms with E-state index in [2.05, 4.69) is 22.1 Å². The third-order valence-corrected chi connectivity index (χ3v) is 1.47. The summed E-state index contributed by atoms with van der Waals surface area (Å²) >= 11 is 0. The van der Waals surface area contributed by atoms with E-state index >= 15 is 0 Å². The smallest absolute Gasteiger partial charge is 0.234 e. The van der Waals surface area contributed by atoms with Crippen LogP contribution in [0.4, 0.5) is 0 Å². The van der Waals surface area contributed by atoms with Crippen molar-refractivity contribution in [2.45, 2.75) is 0 Å². The zero-order chi connectivity index (χ0) is 10.2. The van der Waals surface area contributed by atoms with Crippen molar-refractivity contribution in [2.75, 3.05) is 13.1 Å². The fraction of sp³-hybridized carbons (Fsp3) is 0.200. The number of aromatic nitrogens is 1. The summed E-state index contributed by atoms with van der Waals surface area (Å²) in [6, 6.07) is 3.61. The predicted octanol–water partition coefficient (Wildman–Crippen LogP) is -0.492. The summed E-state index contributed by atoms with van der Waals surface area (Å²) in [7, 11) is 0. The lowest BCUT2D eigenvalue weighted by molar-refractivity contribution is -0.119. The van der Waals surface area contributed by atoms with E-state index in [1.165, 1.54) is 0 Å². The van der Waals surface area contributed by atoms with Gasteiger partial charge in [-0.15, -0.1) is 0 Å². The quantitative estimate of drug-likeness (QED) is 0.617. The van der Waals surface area contributed by atoms with Gasteiger partial charge in [0, 0.05) is 18.0 Å². The van der Waals surface area contributed by atoms with E-state index in [1.54, 1.807) is 24.5 Å². The van der Waals surface area contributed by atoms with Crippen LogP contribution in [0.3, 0.4) is 0 Å². The minimum atomic E-state index is -0.200. The third kappa shape index (κ3) is 3.70. The first-order valence-electron chi connectivity index (χ1n) is 4.18. The number of hydrogen-bond donors (Lipinski definition) is 2. The molecular weight excluding hydrogens is 178 g/mol. The Morgan fingerprint density at radius 2 is 2.21 bits per heavy atom. The number of amides is 1. The standard InChI is InChI=1S/C10H11N3O/c11-8-10(14)13-5-1-2-9-3-6-12-7-4-9/h3-4,6-7H,5,8,11H2,(H,13,14). The third-order valence-electron chi connectivity index (χ3n) is 1.47. The van der Waals surface area contributed by atoms with Gasteiger partial charge in [0.25, 0.3) is 0 Å². The lowest BCUT2D eigenvalue weighted by atomic mass is 10.3. The van der Waals surface area contributed by atoms with E-state index < -0.39 is 0 Å². The van der Waals surface area contributed by atoms with Crippen molar-refractivity contribution in [3.63, 3.8) is 0 Å². The maximum atomic E-state index is 10.7. The number of nitrogens with two attached hydrogens (primary N) is 1. The van der Waals surface area contributed by atoms with Crippen LogP contribution >= 0.6 is 0 Å². The molecular formula is C10H11N3O. The lowest BCUT2D eigenvalue weighted by Crippen LogP contribution is -2.30. The summed E-state index contributed by atoms with van der Waals surface area (Å²) < 4.78 is 0. The summed E-state index contributed by atoms with van der Waals surface area (Å²) in [4.78, 5) is 14.6. The van der Waals surface area contributed by atoms with E-state index in [4.69, 9.17) is 5.73 Å². The van der Waals surface area contributed by atoms with Gasteiger partial charge in [0.2, 0.25) is 5.91 Å². The molecule has 0 atom stereocenters. The van der Waals surface area contributed by atoms with Crippen LogP contribution in [0.1, 0.15) is 5.56 Å². The van der Waals surface area contributed by atoms with Gasteiger partial charge in [-0.1, -0.05) is 11.8 Å². The van der Waals surface area contributed by atoms with E-state index in [0.717, 1.165) is 5.56 Å². The topological polar surface area (TPSA) is 68.0 Å². The van der Waals surface area contributed by atoms with Gasteiger partial charge in [-0.25, -0.2) is 0 Å². The maximum absolute atomic E-state index is 10.7. The van der Waals surface area contributed by atoms with Crippen LogP contribution in [0, 0.1) is 11.8 Å². The summed E-state index contributed by atoms with van der Waals surface area (Å²) in [5.41, 5.74) is 5.97. The van der Waals surface area contributed by atoms with Gasteiger partial charge < -0.3 is 11.1 Å². The normalized spacial score (nSPS) is 8.64. The molecule has 1 aromatic heterocycles. The molecule has 14 heavy (non-hydrogen) atoms. The Morgan fingerprint density at radius 3 is 2.86 bits per heavy atom. The Labute approximate surface area is 82.5 Å². The average Bonchev–Trinajstić information content (AvgIpc) is 2.25. The molecule has 72 valence electrons. The number of nitrogens with one attached hydrogen (secondary N) is 1. The van der Waals surface area contributed by atoms with Crippen LogP contribution in [-0.4, -0.2) is 24.0 Å². The molecule has 3 N–H and O–H groups in total. The van der Waals surface area contributed by atoms with E-state index in [9.17, 15) is 4.79 Å². The average molecular weight is 189 g/mol. The largest absolute Gasteiger partial charge is 0.344 e. The van der Waals surface area contributed by atoms with Gasteiger partial charge in [-0.3, -0.25) is 9.78 Å². The van der Waals surface area contributed by atoms with Crippen molar-refractivity contribution in [2.24, 2.45) is 5.73 Å². The lowest BCUT2D eigenvalue weighted by Gasteiger charge is -1.94. The zero-order valence-electron chi connectivity index (χ0n) is 7.66. The second-order valence-electron chi connectivity index (χ2n) is 2.52. The first-order valence-corrected chi connectivity index (χ1v) is 4.18. The molecule has 1 amide bonds. The molecule has 0 fully saturated rings. The van der Waals surface area contributed by atoms with E-state index in [-0.39, 0.29) is 12.5 Å². The minimum Gasteiger partial charge on any atom is -0.344 e. The Hall–Kier alpha value is -1.86. The summed E-state index contributed by atoms with van der Waals surface area (Å²) in [5.74, 6) is 5.48. The molecule has 0 saturated carbocycles. The van der Waals surface area contributed by atoms with Crippen LogP contribution in [0.5, 0.6) is 0 Å². The van der Waals surface area contributed by atoms with Crippen molar-refractivity contribution in [1.29, 1.82) is 0 Å². The van der Waals surface area contributed by atoms with Crippen LogP contribution < -0.4 is 11.1 Å². The molecule has 0 radical (unpaired) electrons. The number of carbonyl (C=O) groups is 1. The van der Waals surface area contributed by atoms with Crippen molar-refractivity contribution in [3.8, 4) is 11.8 Å². The molecule has 0 aromatic carbocycles. The number of rotatable bonds is 2. The Morgan fingerprint density at radius 1 is 1.50 bits per heavy atom. The Balaban J connectivity index is 2.38. The monoisotopic (exact) mass is 189 g/mol. The van der Waals surface area contributed by atoms with Gasteiger partial charge >= 0.3 is 0 Å². The molecule has 0 saturated heterocycles. The first kappa shape index (κ1) is 10.2.